The number of carbonyl (C=O) groups is 2. The quantitative estimate of drug-likeness (QED) is 0.932. The predicted octanol–water partition coefficient (Wildman–Crippen LogP) is 2.85. The Balaban J connectivity index is 2.21. The molecule has 0 saturated heterocycles. The minimum atomic E-state index is -0.0901. The van der Waals surface area contributed by atoms with Crippen LogP contribution < -0.4 is 5.32 Å². The first kappa shape index (κ1) is 14.9. The van der Waals surface area contributed by atoms with Crippen molar-refractivity contribution >= 4 is 29.3 Å². The Morgan fingerprint density at radius 2 is 2.15 bits per heavy atom. The third-order valence-electron chi connectivity index (χ3n) is 3.14. The Morgan fingerprint density at radius 1 is 1.45 bits per heavy atom. The lowest BCUT2D eigenvalue weighted by molar-refractivity contribution is -0.115. The highest BCUT2D eigenvalue weighted by atomic mass is 32.2. The molecule has 0 aliphatic carbocycles. The van der Waals surface area contributed by atoms with Crippen molar-refractivity contribution in [2.24, 2.45) is 5.92 Å². The molecular weight excluding hydrogens is 272 g/mol. The summed E-state index contributed by atoms with van der Waals surface area (Å²) < 4.78 is 0. The number of rotatable bonds is 3. The van der Waals surface area contributed by atoms with Crippen molar-refractivity contribution in [1.82, 2.24) is 4.90 Å². The zero-order valence-electron chi connectivity index (χ0n) is 12.3. The molecule has 0 spiro atoms. The first-order valence-electron chi connectivity index (χ1n) is 6.75. The van der Waals surface area contributed by atoms with E-state index in [4.69, 9.17) is 0 Å². The van der Waals surface area contributed by atoms with E-state index in [1.807, 2.05) is 19.1 Å². The second kappa shape index (κ2) is 5.87. The van der Waals surface area contributed by atoms with Crippen molar-refractivity contribution < 1.29 is 9.59 Å². The third-order valence-corrected chi connectivity index (χ3v) is 4.32. The molecule has 1 N–H and O–H groups in total. The van der Waals surface area contributed by atoms with E-state index >= 15 is 0 Å². The molecule has 20 heavy (non-hydrogen) atoms. The van der Waals surface area contributed by atoms with Crippen LogP contribution in [-0.4, -0.2) is 35.6 Å². The topological polar surface area (TPSA) is 49.4 Å². The summed E-state index contributed by atoms with van der Waals surface area (Å²) >= 11 is 1.52. The molecule has 1 atom stereocenters. The van der Waals surface area contributed by atoms with Crippen LogP contribution >= 0.6 is 11.8 Å². The zero-order valence-corrected chi connectivity index (χ0v) is 13.1. The Hall–Kier alpha value is -1.49. The number of nitrogens with zero attached hydrogens (tertiary/aromatic N) is 1. The van der Waals surface area contributed by atoms with E-state index in [9.17, 15) is 9.59 Å². The van der Waals surface area contributed by atoms with Crippen molar-refractivity contribution in [3.8, 4) is 0 Å². The van der Waals surface area contributed by atoms with Crippen molar-refractivity contribution in [2.75, 3.05) is 18.9 Å². The molecule has 0 fully saturated rings. The van der Waals surface area contributed by atoms with Gasteiger partial charge in [0.15, 0.2) is 0 Å². The Labute approximate surface area is 123 Å². The van der Waals surface area contributed by atoms with Gasteiger partial charge in [0, 0.05) is 24.1 Å². The molecule has 1 aliphatic heterocycles. The fourth-order valence-electron chi connectivity index (χ4n) is 2.19. The van der Waals surface area contributed by atoms with Gasteiger partial charge >= 0.3 is 0 Å². The van der Waals surface area contributed by atoms with Crippen LogP contribution in [-0.2, 0) is 4.79 Å². The number of fused-ring (bicyclic) bond motifs is 1. The fourth-order valence-corrected chi connectivity index (χ4v) is 3.12. The summed E-state index contributed by atoms with van der Waals surface area (Å²) in [6.07, 6.45) is 0. The van der Waals surface area contributed by atoms with Gasteiger partial charge in [0.1, 0.15) is 0 Å². The number of hydrogen-bond acceptors (Lipinski definition) is 3. The number of nitrogens with one attached hydrogen (secondary N) is 1. The lowest BCUT2D eigenvalue weighted by atomic mass is 10.1. The molecule has 1 unspecified atom stereocenters. The average Bonchev–Trinajstić information content (AvgIpc) is 2.38. The average molecular weight is 292 g/mol. The maximum absolute atomic E-state index is 12.3. The summed E-state index contributed by atoms with van der Waals surface area (Å²) in [7, 11) is 1.80. The van der Waals surface area contributed by atoms with Crippen molar-refractivity contribution in [3.05, 3.63) is 23.8 Å². The standard InChI is InChI=1S/C15H20N2O2S/c1-9(2)8-17(4)15(19)11-5-6-13-12(7-11)16-14(18)10(3)20-13/h5-7,9-10H,8H2,1-4H3,(H,16,18). The summed E-state index contributed by atoms with van der Waals surface area (Å²) in [4.78, 5) is 26.7. The molecule has 1 aliphatic rings. The molecule has 0 bridgehead atoms. The predicted molar refractivity (Wildman–Crippen MR) is 82.2 cm³/mol. The van der Waals surface area contributed by atoms with Gasteiger partial charge in [-0.1, -0.05) is 13.8 Å². The number of hydrogen-bond donors (Lipinski definition) is 1. The monoisotopic (exact) mass is 292 g/mol. The van der Waals surface area contributed by atoms with Gasteiger partial charge in [-0.25, -0.2) is 0 Å². The molecule has 0 radical (unpaired) electrons. The molecular formula is C15H20N2O2S. The Morgan fingerprint density at radius 3 is 2.80 bits per heavy atom. The second-order valence-corrected chi connectivity index (χ2v) is 6.92. The van der Waals surface area contributed by atoms with Crippen molar-refractivity contribution in [3.63, 3.8) is 0 Å². The zero-order chi connectivity index (χ0) is 14.9. The second-order valence-electron chi connectivity index (χ2n) is 5.54. The maximum atomic E-state index is 12.3. The van der Waals surface area contributed by atoms with Crippen LogP contribution in [0.25, 0.3) is 0 Å². The van der Waals surface area contributed by atoms with Crippen LogP contribution in [0.2, 0.25) is 0 Å². The molecule has 2 rings (SSSR count). The van der Waals surface area contributed by atoms with Crippen LogP contribution in [0, 0.1) is 5.92 Å². The first-order chi connectivity index (χ1) is 9.38. The number of amides is 2. The molecule has 2 amide bonds. The molecule has 0 aromatic heterocycles. The SMILES string of the molecule is CC(C)CN(C)C(=O)c1ccc2c(c1)NC(=O)C(C)S2. The van der Waals surface area contributed by atoms with Gasteiger partial charge in [0.2, 0.25) is 5.91 Å². The normalized spacial score (nSPS) is 17.6. The third kappa shape index (κ3) is 3.15. The largest absolute Gasteiger partial charge is 0.341 e. The van der Waals surface area contributed by atoms with E-state index in [0.717, 1.165) is 10.6 Å². The number of anilines is 1. The minimum absolute atomic E-state index is 0.0115. The first-order valence-corrected chi connectivity index (χ1v) is 7.63. The van der Waals surface area contributed by atoms with E-state index in [2.05, 4.69) is 19.2 Å². The van der Waals surface area contributed by atoms with Crippen molar-refractivity contribution in [2.45, 2.75) is 30.9 Å². The highest BCUT2D eigenvalue weighted by Gasteiger charge is 2.24. The molecule has 5 heteroatoms. The van der Waals surface area contributed by atoms with E-state index in [1.54, 1.807) is 18.0 Å². The highest BCUT2D eigenvalue weighted by Crippen LogP contribution is 2.36. The van der Waals surface area contributed by atoms with E-state index in [-0.39, 0.29) is 17.1 Å². The van der Waals surface area contributed by atoms with Crippen LogP contribution in [0.15, 0.2) is 23.1 Å². The summed E-state index contributed by atoms with van der Waals surface area (Å²) in [6, 6.07) is 5.51. The van der Waals surface area contributed by atoms with Crippen LogP contribution in [0.1, 0.15) is 31.1 Å². The lowest BCUT2D eigenvalue weighted by Crippen LogP contribution is -2.31. The van der Waals surface area contributed by atoms with Crippen molar-refractivity contribution in [1.29, 1.82) is 0 Å². The van der Waals surface area contributed by atoms with Crippen LogP contribution in [0.5, 0.6) is 0 Å². The van der Waals surface area contributed by atoms with Gasteiger partial charge in [-0.2, -0.15) is 0 Å². The highest BCUT2D eigenvalue weighted by molar-refractivity contribution is 8.00. The van der Waals surface area contributed by atoms with Gasteiger partial charge in [0.05, 0.1) is 10.9 Å². The molecule has 1 aromatic rings. The lowest BCUT2D eigenvalue weighted by Gasteiger charge is -2.23. The summed E-state index contributed by atoms with van der Waals surface area (Å²) in [6.45, 7) is 6.75. The number of benzene rings is 1. The summed E-state index contributed by atoms with van der Waals surface area (Å²) in [5.41, 5.74) is 1.35. The summed E-state index contributed by atoms with van der Waals surface area (Å²) in [5.74, 6) is 0.402. The Kier molecular flexibility index (Phi) is 4.38. The Bertz CT molecular complexity index is 543. The van der Waals surface area contributed by atoms with E-state index in [1.165, 1.54) is 11.8 Å². The fraction of sp³-hybridized carbons (Fsp3) is 0.467. The molecule has 0 saturated carbocycles. The van der Waals surface area contributed by atoms with Gasteiger partial charge in [0.25, 0.3) is 5.91 Å². The molecule has 1 heterocycles. The van der Waals surface area contributed by atoms with Gasteiger partial charge in [-0.05, 0) is 31.0 Å². The number of carbonyl (C=O) groups excluding carboxylic acids is 2. The van der Waals surface area contributed by atoms with E-state index in [0.29, 0.717) is 18.0 Å². The van der Waals surface area contributed by atoms with Crippen LogP contribution in [0.4, 0.5) is 5.69 Å². The molecule has 108 valence electrons. The number of thioether (sulfide) groups is 1. The van der Waals surface area contributed by atoms with Gasteiger partial charge < -0.3 is 10.2 Å². The van der Waals surface area contributed by atoms with E-state index < -0.39 is 0 Å². The molecule has 4 nitrogen and oxygen atoms in total. The molecule has 1 aromatic carbocycles. The summed E-state index contributed by atoms with van der Waals surface area (Å²) in [5, 5.41) is 2.76. The van der Waals surface area contributed by atoms with Gasteiger partial charge in [-0.3, -0.25) is 9.59 Å². The maximum Gasteiger partial charge on any atom is 0.253 e. The smallest absolute Gasteiger partial charge is 0.253 e. The minimum Gasteiger partial charge on any atom is -0.341 e. The van der Waals surface area contributed by atoms with Gasteiger partial charge in [-0.15, -0.1) is 11.8 Å². The van der Waals surface area contributed by atoms with Crippen LogP contribution in [0.3, 0.4) is 0 Å².